The van der Waals surface area contributed by atoms with E-state index in [0.29, 0.717) is 18.0 Å². The van der Waals surface area contributed by atoms with Gasteiger partial charge in [-0.05, 0) is 74.9 Å². The third kappa shape index (κ3) is 4.67. The maximum Gasteiger partial charge on any atom is 0.258 e. The fraction of sp³-hybridized carbons (Fsp3) is 0.407. The Morgan fingerprint density at radius 3 is 2.55 bits per heavy atom. The van der Waals surface area contributed by atoms with Crippen LogP contribution in [0.5, 0.6) is 0 Å². The zero-order valence-corrected chi connectivity index (χ0v) is 19.8. The lowest BCUT2D eigenvalue weighted by molar-refractivity contribution is 0.0993. The number of rotatable bonds is 6. The van der Waals surface area contributed by atoms with Crippen LogP contribution < -0.4 is 15.4 Å². The van der Waals surface area contributed by atoms with Gasteiger partial charge in [0.2, 0.25) is 0 Å². The first-order valence-electron chi connectivity index (χ1n) is 11.8. The molecule has 6 heteroatoms. The number of pyridine rings is 1. The number of aryl methyl sites for hydroxylation is 2. The largest absolute Gasteiger partial charge is 0.396 e. The van der Waals surface area contributed by atoms with Gasteiger partial charge in [-0.1, -0.05) is 12.1 Å². The Labute approximate surface area is 195 Å². The lowest BCUT2D eigenvalue weighted by Gasteiger charge is -2.34. The maximum absolute atomic E-state index is 13.3. The van der Waals surface area contributed by atoms with Crippen molar-refractivity contribution in [1.29, 1.82) is 0 Å². The summed E-state index contributed by atoms with van der Waals surface area (Å²) in [6, 6.07) is 15.3. The second kappa shape index (κ2) is 9.79. The van der Waals surface area contributed by atoms with Gasteiger partial charge in [0.05, 0.1) is 11.2 Å². The number of aromatic nitrogens is 1. The van der Waals surface area contributed by atoms with E-state index in [-0.39, 0.29) is 18.1 Å². The van der Waals surface area contributed by atoms with Crippen molar-refractivity contribution in [3.8, 4) is 0 Å². The summed E-state index contributed by atoms with van der Waals surface area (Å²) < 4.78 is 1.76. The van der Waals surface area contributed by atoms with Crippen LogP contribution in [-0.4, -0.2) is 42.3 Å². The van der Waals surface area contributed by atoms with Gasteiger partial charge in [-0.25, -0.2) is 0 Å². The van der Waals surface area contributed by atoms with E-state index in [4.69, 9.17) is 0 Å². The molecule has 0 bridgehead atoms. The van der Waals surface area contributed by atoms with Crippen molar-refractivity contribution in [2.24, 2.45) is 5.92 Å². The monoisotopic (exact) mass is 447 g/mol. The van der Waals surface area contributed by atoms with E-state index in [1.165, 1.54) is 0 Å². The molecule has 4 rings (SSSR count). The molecule has 2 aromatic carbocycles. The average molecular weight is 448 g/mol. The SMILES string of the molecule is CCn1c(=O)cc(N2CCC(CCO)CC2)c2cc(C(=O)N(C)c3cccc(C)c3)ccc21. The standard InChI is InChI=1S/C27H33N3O3/c1-4-30-24-9-8-21(27(33)28(3)22-7-5-6-19(2)16-22)17-23(24)25(18-26(30)32)29-13-10-20(11-14-29)12-15-31/h5-9,16-18,20,31H,4,10-15H2,1-3H3. The molecule has 0 aliphatic carbocycles. The van der Waals surface area contributed by atoms with E-state index < -0.39 is 0 Å². The number of amides is 1. The van der Waals surface area contributed by atoms with Crippen LogP contribution in [-0.2, 0) is 6.54 Å². The quantitative estimate of drug-likeness (QED) is 0.615. The van der Waals surface area contributed by atoms with E-state index in [9.17, 15) is 14.7 Å². The highest BCUT2D eigenvalue weighted by atomic mass is 16.3. The highest BCUT2D eigenvalue weighted by Crippen LogP contribution is 2.31. The smallest absolute Gasteiger partial charge is 0.258 e. The summed E-state index contributed by atoms with van der Waals surface area (Å²) in [5, 5.41) is 10.2. The second-order valence-corrected chi connectivity index (χ2v) is 8.99. The topological polar surface area (TPSA) is 65.8 Å². The van der Waals surface area contributed by atoms with Crippen LogP contribution in [0, 0.1) is 12.8 Å². The van der Waals surface area contributed by atoms with Crippen LogP contribution in [0.4, 0.5) is 11.4 Å². The molecule has 1 amide bonds. The third-order valence-electron chi connectivity index (χ3n) is 6.84. The first kappa shape index (κ1) is 23.1. The number of aliphatic hydroxyl groups excluding tert-OH is 1. The van der Waals surface area contributed by atoms with E-state index in [1.807, 2.05) is 56.3 Å². The number of carbonyl (C=O) groups excluding carboxylic acids is 1. The predicted octanol–water partition coefficient (Wildman–Crippen LogP) is 4.21. The molecule has 174 valence electrons. The molecule has 1 aromatic heterocycles. The first-order valence-corrected chi connectivity index (χ1v) is 11.8. The van der Waals surface area contributed by atoms with E-state index in [1.54, 1.807) is 22.6 Å². The number of carbonyl (C=O) groups is 1. The van der Waals surface area contributed by atoms with Crippen LogP contribution in [0.3, 0.4) is 0 Å². The maximum atomic E-state index is 13.3. The lowest BCUT2D eigenvalue weighted by atomic mass is 9.93. The zero-order valence-electron chi connectivity index (χ0n) is 19.8. The number of benzene rings is 2. The molecular weight excluding hydrogens is 414 g/mol. The van der Waals surface area contributed by atoms with Gasteiger partial charge < -0.3 is 19.5 Å². The summed E-state index contributed by atoms with van der Waals surface area (Å²) in [5.41, 5.74) is 4.29. The summed E-state index contributed by atoms with van der Waals surface area (Å²) in [4.78, 5) is 30.1. The van der Waals surface area contributed by atoms with Crippen LogP contribution in [0.1, 0.15) is 42.1 Å². The Morgan fingerprint density at radius 1 is 1.12 bits per heavy atom. The molecule has 0 radical (unpaired) electrons. The summed E-state index contributed by atoms with van der Waals surface area (Å²) >= 11 is 0. The Morgan fingerprint density at radius 2 is 1.88 bits per heavy atom. The van der Waals surface area contributed by atoms with E-state index in [2.05, 4.69) is 4.90 Å². The summed E-state index contributed by atoms with van der Waals surface area (Å²) in [6.07, 6.45) is 2.82. The normalized spacial score (nSPS) is 14.6. The van der Waals surface area contributed by atoms with Gasteiger partial charge in [0.15, 0.2) is 0 Å². The first-order chi connectivity index (χ1) is 15.9. The molecule has 0 saturated carbocycles. The number of fused-ring (bicyclic) bond motifs is 1. The fourth-order valence-corrected chi connectivity index (χ4v) is 4.88. The van der Waals surface area contributed by atoms with Gasteiger partial charge in [-0.15, -0.1) is 0 Å². The molecule has 2 heterocycles. The number of piperidine rings is 1. The number of aliphatic hydroxyl groups is 1. The van der Waals surface area contributed by atoms with Crippen LogP contribution in [0.25, 0.3) is 10.9 Å². The fourth-order valence-electron chi connectivity index (χ4n) is 4.88. The van der Waals surface area contributed by atoms with Crippen LogP contribution >= 0.6 is 0 Å². The Balaban J connectivity index is 1.74. The van der Waals surface area contributed by atoms with Gasteiger partial charge >= 0.3 is 0 Å². The highest BCUT2D eigenvalue weighted by Gasteiger charge is 2.23. The summed E-state index contributed by atoms with van der Waals surface area (Å²) in [7, 11) is 1.79. The molecule has 1 aliphatic heterocycles. The van der Waals surface area contributed by atoms with Gasteiger partial charge in [0.25, 0.3) is 11.5 Å². The molecule has 3 aromatic rings. The minimum absolute atomic E-state index is 0.0200. The van der Waals surface area contributed by atoms with Gasteiger partial charge in [-0.2, -0.15) is 0 Å². The van der Waals surface area contributed by atoms with Crippen molar-refractivity contribution in [3.05, 3.63) is 70.0 Å². The summed E-state index contributed by atoms with van der Waals surface area (Å²) in [5.74, 6) is 0.443. The van der Waals surface area contributed by atoms with Crippen molar-refractivity contribution in [2.75, 3.05) is 36.5 Å². The number of hydrogen-bond donors (Lipinski definition) is 1. The molecular formula is C27H33N3O3. The van der Waals surface area contributed by atoms with Crippen molar-refractivity contribution >= 4 is 28.2 Å². The molecule has 0 atom stereocenters. The van der Waals surface area contributed by atoms with Crippen LogP contribution in [0.15, 0.2) is 53.3 Å². The zero-order chi connectivity index (χ0) is 23.5. The minimum atomic E-state index is -0.0793. The van der Waals surface area contributed by atoms with E-state index in [0.717, 1.165) is 60.2 Å². The van der Waals surface area contributed by atoms with Crippen molar-refractivity contribution in [3.63, 3.8) is 0 Å². The van der Waals surface area contributed by atoms with Crippen molar-refractivity contribution in [1.82, 2.24) is 4.57 Å². The third-order valence-corrected chi connectivity index (χ3v) is 6.84. The number of hydrogen-bond acceptors (Lipinski definition) is 4. The molecule has 1 fully saturated rings. The van der Waals surface area contributed by atoms with Gasteiger partial charge in [0, 0.05) is 56.0 Å². The lowest BCUT2D eigenvalue weighted by Crippen LogP contribution is -2.35. The highest BCUT2D eigenvalue weighted by molar-refractivity contribution is 6.08. The second-order valence-electron chi connectivity index (χ2n) is 8.99. The van der Waals surface area contributed by atoms with Crippen molar-refractivity contribution in [2.45, 2.75) is 39.7 Å². The summed E-state index contributed by atoms with van der Waals surface area (Å²) in [6.45, 7) is 6.46. The van der Waals surface area contributed by atoms with Crippen LogP contribution in [0.2, 0.25) is 0 Å². The molecule has 1 N–H and O–H groups in total. The minimum Gasteiger partial charge on any atom is -0.396 e. The Kier molecular flexibility index (Phi) is 6.84. The molecule has 1 saturated heterocycles. The molecule has 33 heavy (non-hydrogen) atoms. The average Bonchev–Trinajstić information content (AvgIpc) is 2.83. The van der Waals surface area contributed by atoms with E-state index >= 15 is 0 Å². The Hall–Kier alpha value is -3.12. The number of anilines is 2. The molecule has 0 spiro atoms. The molecule has 0 unspecified atom stereocenters. The van der Waals surface area contributed by atoms with Gasteiger partial charge in [-0.3, -0.25) is 9.59 Å². The van der Waals surface area contributed by atoms with Crippen molar-refractivity contribution < 1.29 is 9.90 Å². The van der Waals surface area contributed by atoms with Gasteiger partial charge in [0.1, 0.15) is 0 Å². The molecule has 6 nitrogen and oxygen atoms in total. The Bertz CT molecular complexity index is 1210. The molecule has 1 aliphatic rings. The number of nitrogens with zero attached hydrogens (tertiary/aromatic N) is 3. The predicted molar refractivity (Wildman–Crippen MR) is 134 cm³/mol.